The Morgan fingerprint density at radius 2 is 2.16 bits per heavy atom. The molecule has 0 saturated carbocycles. The molecule has 0 heterocycles. The van der Waals surface area contributed by atoms with Crippen molar-refractivity contribution in [2.45, 2.75) is 0 Å². The lowest BCUT2D eigenvalue weighted by Gasteiger charge is -2.05. The largest absolute Gasteiger partial charge is 0.506 e. The smallest absolute Gasteiger partial charge is 0.310 e. The third-order valence-corrected chi connectivity index (χ3v) is 3.69. The van der Waals surface area contributed by atoms with Crippen LogP contribution >= 0.6 is 27.5 Å². The maximum absolute atomic E-state index is 11.7. The number of carbonyl (C=O) groups is 1. The Morgan fingerprint density at radius 3 is 2.88 bits per heavy atom. The van der Waals surface area contributed by atoms with Gasteiger partial charge < -0.3 is 9.84 Å². The molecule has 2 rings (SSSR count). The molecule has 2 N–H and O–H groups in total. The number of hydrogen-bond acceptors (Lipinski definition) is 6. The Hall–Kier alpha value is -2.65. The van der Waals surface area contributed by atoms with E-state index in [9.17, 15) is 20.0 Å². The van der Waals surface area contributed by atoms with Gasteiger partial charge in [0.15, 0.2) is 12.4 Å². The Kier molecular flexibility index (Phi) is 6.31. The fraction of sp³-hybridized carbons (Fsp3) is 0.0667. The highest BCUT2D eigenvalue weighted by Gasteiger charge is 2.14. The number of nitro groups is 1. The number of nitro benzene ring substituents is 1. The van der Waals surface area contributed by atoms with E-state index in [0.717, 1.165) is 0 Å². The number of ether oxygens (including phenoxy) is 1. The van der Waals surface area contributed by atoms with Gasteiger partial charge in [0.05, 0.1) is 15.6 Å². The maximum atomic E-state index is 11.7. The highest BCUT2D eigenvalue weighted by molar-refractivity contribution is 9.10. The molecule has 0 aliphatic carbocycles. The molecular weight excluding hydrogens is 418 g/mol. The first-order valence-electron chi connectivity index (χ1n) is 6.74. The number of halogens is 2. The number of benzene rings is 2. The van der Waals surface area contributed by atoms with Crippen LogP contribution in [0.1, 0.15) is 5.56 Å². The number of phenols is 1. The summed E-state index contributed by atoms with van der Waals surface area (Å²) in [6.07, 6.45) is 1.20. The molecule has 0 aliphatic heterocycles. The number of aromatic hydroxyl groups is 1. The lowest BCUT2D eigenvalue weighted by atomic mass is 10.2. The first-order chi connectivity index (χ1) is 11.9. The molecule has 8 nitrogen and oxygen atoms in total. The number of para-hydroxylation sites is 2. The van der Waals surface area contributed by atoms with E-state index in [-0.39, 0.29) is 17.2 Å². The number of amides is 1. The number of nitrogens with one attached hydrogen (secondary N) is 1. The van der Waals surface area contributed by atoms with Crippen molar-refractivity contribution in [2.24, 2.45) is 5.10 Å². The van der Waals surface area contributed by atoms with Gasteiger partial charge in [-0.25, -0.2) is 5.43 Å². The normalized spacial score (nSPS) is 10.6. The second kappa shape index (κ2) is 8.45. The van der Waals surface area contributed by atoms with Gasteiger partial charge in [-0.15, -0.1) is 0 Å². The van der Waals surface area contributed by atoms with Crippen LogP contribution in [0.3, 0.4) is 0 Å². The van der Waals surface area contributed by atoms with Crippen LogP contribution in [0.25, 0.3) is 0 Å². The van der Waals surface area contributed by atoms with Crippen molar-refractivity contribution in [3.05, 3.63) is 61.6 Å². The van der Waals surface area contributed by atoms with Gasteiger partial charge in [0.2, 0.25) is 0 Å². The number of phenolic OH excluding ortho intramolecular Hbond substituents is 1. The number of nitrogens with zero attached hydrogens (tertiary/aromatic N) is 2. The molecule has 1 amide bonds. The summed E-state index contributed by atoms with van der Waals surface area (Å²) in [4.78, 5) is 21.9. The standard InChI is InChI=1S/C15H11BrClN3O5/c16-11-6-10(17)5-9(15(11)22)7-18-19-14(21)8-25-13-4-2-1-3-12(13)20(23)24/h1-7,22H,8H2,(H,19,21)/b18-7+. The van der Waals surface area contributed by atoms with Crippen molar-refractivity contribution in [1.82, 2.24) is 5.43 Å². The van der Waals surface area contributed by atoms with Gasteiger partial charge in [0, 0.05) is 16.7 Å². The maximum Gasteiger partial charge on any atom is 0.310 e. The summed E-state index contributed by atoms with van der Waals surface area (Å²) in [5.74, 6) is -0.739. The number of hydrazone groups is 1. The van der Waals surface area contributed by atoms with E-state index in [1.54, 1.807) is 6.07 Å². The van der Waals surface area contributed by atoms with E-state index in [2.05, 4.69) is 26.5 Å². The summed E-state index contributed by atoms with van der Waals surface area (Å²) in [5.41, 5.74) is 2.23. The molecule has 0 fully saturated rings. The lowest BCUT2D eigenvalue weighted by molar-refractivity contribution is -0.385. The second-order valence-corrected chi connectivity index (χ2v) is 5.92. The molecule has 0 spiro atoms. The van der Waals surface area contributed by atoms with E-state index in [4.69, 9.17) is 16.3 Å². The molecule has 0 radical (unpaired) electrons. The fourth-order valence-corrected chi connectivity index (χ4v) is 2.60. The Morgan fingerprint density at radius 1 is 1.44 bits per heavy atom. The van der Waals surface area contributed by atoms with Crippen LogP contribution in [0.2, 0.25) is 5.02 Å². The number of carbonyl (C=O) groups excluding carboxylic acids is 1. The zero-order valence-electron chi connectivity index (χ0n) is 12.5. The molecule has 0 unspecified atom stereocenters. The van der Waals surface area contributed by atoms with Crippen molar-refractivity contribution in [3.63, 3.8) is 0 Å². The number of rotatable bonds is 6. The molecule has 2 aromatic carbocycles. The summed E-state index contributed by atoms with van der Waals surface area (Å²) < 4.78 is 5.50. The molecular formula is C15H11BrClN3O5. The van der Waals surface area contributed by atoms with Crippen LogP contribution in [-0.2, 0) is 4.79 Å². The molecule has 0 aromatic heterocycles. The zero-order valence-corrected chi connectivity index (χ0v) is 14.8. The van der Waals surface area contributed by atoms with Gasteiger partial charge in [-0.1, -0.05) is 23.7 Å². The topological polar surface area (TPSA) is 114 Å². The van der Waals surface area contributed by atoms with Crippen molar-refractivity contribution in [2.75, 3.05) is 6.61 Å². The van der Waals surface area contributed by atoms with Gasteiger partial charge in [-0.3, -0.25) is 14.9 Å². The molecule has 0 atom stereocenters. The second-order valence-electron chi connectivity index (χ2n) is 4.63. The fourth-order valence-electron chi connectivity index (χ4n) is 1.76. The average molecular weight is 429 g/mol. The van der Waals surface area contributed by atoms with Gasteiger partial charge in [-0.2, -0.15) is 5.10 Å². The minimum absolute atomic E-state index is 0.0250. The Labute approximate surface area is 155 Å². The van der Waals surface area contributed by atoms with E-state index in [1.165, 1.54) is 36.5 Å². The predicted molar refractivity (Wildman–Crippen MR) is 95.1 cm³/mol. The summed E-state index contributed by atoms with van der Waals surface area (Å²) in [6, 6.07) is 8.67. The molecule has 0 saturated heterocycles. The molecule has 10 heteroatoms. The van der Waals surface area contributed by atoms with E-state index >= 15 is 0 Å². The van der Waals surface area contributed by atoms with Crippen LogP contribution in [0.15, 0.2) is 46.0 Å². The van der Waals surface area contributed by atoms with Crippen LogP contribution in [0.5, 0.6) is 11.5 Å². The monoisotopic (exact) mass is 427 g/mol. The lowest BCUT2D eigenvalue weighted by Crippen LogP contribution is -2.24. The Bertz CT molecular complexity index is 844. The van der Waals surface area contributed by atoms with E-state index in [1.807, 2.05) is 0 Å². The minimum atomic E-state index is -0.630. The Balaban J connectivity index is 1.95. The summed E-state index contributed by atoms with van der Waals surface area (Å²) in [7, 11) is 0. The van der Waals surface area contributed by atoms with Crippen molar-refractivity contribution in [3.8, 4) is 11.5 Å². The summed E-state index contributed by atoms with van der Waals surface area (Å²) in [5, 5.41) is 24.7. The first-order valence-corrected chi connectivity index (χ1v) is 7.91. The summed E-state index contributed by atoms with van der Waals surface area (Å²) in [6.45, 7) is -0.465. The third-order valence-electron chi connectivity index (χ3n) is 2.87. The molecule has 0 bridgehead atoms. The van der Waals surface area contributed by atoms with Gasteiger partial charge in [-0.05, 0) is 34.1 Å². The van der Waals surface area contributed by atoms with Crippen LogP contribution in [0.4, 0.5) is 5.69 Å². The minimum Gasteiger partial charge on any atom is -0.506 e. The molecule has 0 aliphatic rings. The van der Waals surface area contributed by atoms with E-state index < -0.39 is 17.4 Å². The third kappa shape index (κ3) is 5.16. The van der Waals surface area contributed by atoms with Crippen LogP contribution in [-0.4, -0.2) is 28.8 Å². The van der Waals surface area contributed by atoms with Crippen molar-refractivity contribution < 1.29 is 19.6 Å². The SMILES string of the molecule is O=C(COc1ccccc1[N+](=O)[O-])N/N=C/c1cc(Cl)cc(Br)c1O. The van der Waals surface area contributed by atoms with Crippen LogP contribution < -0.4 is 10.2 Å². The van der Waals surface area contributed by atoms with Crippen molar-refractivity contribution >= 4 is 45.3 Å². The first kappa shape index (κ1) is 18.7. The van der Waals surface area contributed by atoms with Gasteiger partial charge in [0.25, 0.3) is 5.91 Å². The summed E-state index contributed by atoms with van der Waals surface area (Å²) >= 11 is 8.98. The predicted octanol–water partition coefficient (Wildman–Crippen LogP) is 3.25. The van der Waals surface area contributed by atoms with Gasteiger partial charge in [0.1, 0.15) is 5.75 Å². The number of hydrogen-bond donors (Lipinski definition) is 2. The van der Waals surface area contributed by atoms with E-state index in [0.29, 0.717) is 15.1 Å². The molecule has 2 aromatic rings. The van der Waals surface area contributed by atoms with Gasteiger partial charge >= 0.3 is 5.69 Å². The van der Waals surface area contributed by atoms with Crippen molar-refractivity contribution in [1.29, 1.82) is 0 Å². The molecule has 130 valence electrons. The highest BCUT2D eigenvalue weighted by atomic mass is 79.9. The average Bonchev–Trinajstić information content (AvgIpc) is 2.57. The van der Waals surface area contributed by atoms with Crippen LogP contribution in [0, 0.1) is 10.1 Å². The highest BCUT2D eigenvalue weighted by Crippen LogP contribution is 2.30. The zero-order chi connectivity index (χ0) is 18.4. The molecule has 25 heavy (non-hydrogen) atoms. The quantitative estimate of drug-likeness (QED) is 0.416.